The molecule has 0 unspecified atom stereocenters. The van der Waals surface area contributed by atoms with Crippen molar-refractivity contribution in [1.29, 1.82) is 0 Å². The fourth-order valence-electron chi connectivity index (χ4n) is 0.973. The van der Waals surface area contributed by atoms with E-state index in [2.05, 4.69) is 26.3 Å². The Morgan fingerprint density at radius 1 is 1.79 bits per heavy atom. The number of halogens is 1. The van der Waals surface area contributed by atoms with Crippen molar-refractivity contribution < 1.29 is 9.90 Å². The molecule has 1 rings (SSSR count). The number of aliphatic hydroxyl groups excluding tert-OH is 1. The molecule has 0 saturated heterocycles. The van der Waals surface area contributed by atoms with Gasteiger partial charge in [-0.3, -0.25) is 9.48 Å². The normalized spacial score (nSPS) is 10.2. The molecule has 0 bridgehead atoms. The molecule has 2 N–H and O–H groups in total. The van der Waals surface area contributed by atoms with Gasteiger partial charge in [0.1, 0.15) is 6.54 Å². The number of carbonyl (C=O) groups excluding carboxylic acids is 1. The summed E-state index contributed by atoms with van der Waals surface area (Å²) >= 11 is 3.30. The Bertz CT molecular complexity index is 305. The minimum Gasteiger partial charge on any atom is -0.395 e. The fourth-order valence-corrected chi connectivity index (χ4v) is 1.29. The molecule has 1 aromatic heterocycles. The first-order valence-electron chi connectivity index (χ1n) is 4.20. The smallest absolute Gasteiger partial charge is 0.241 e. The molecule has 0 fully saturated rings. The molecule has 0 spiro atoms. The number of rotatable bonds is 4. The zero-order valence-electron chi connectivity index (χ0n) is 7.83. The van der Waals surface area contributed by atoms with Gasteiger partial charge in [-0.2, -0.15) is 5.10 Å². The van der Waals surface area contributed by atoms with E-state index in [0.29, 0.717) is 0 Å². The number of amides is 1. The van der Waals surface area contributed by atoms with Gasteiger partial charge in [-0.05, 0) is 22.9 Å². The minimum atomic E-state index is -0.158. The van der Waals surface area contributed by atoms with Crippen LogP contribution in [-0.4, -0.2) is 33.9 Å². The van der Waals surface area contributed by atoms with Crippen molar-refractivity contribution in [3.63, 3.8) is 0 Å². The topological polar surface area (TPSA) is 67.2 Å². The molecule has 1 aromatic rings. The van der Waals surface area contributed by atoms with E-state index < -0.39 is 0 Å². The Hall–Kier alpha value is -0.880. The van der Waals surface area contributed by atoms with Gasteiger partial charge >= 0.3 is 0 Å². The Balaban J connectivity index is 2.48. The van der Waals surface area contributed by atoms with Gasteiger partial charge in [0.15, 0.2) is 0 Å². The van der Waals surface area contributed by atoms with E-state index in [1.54, 1.807) is 10.9 Å². The van der Waals surface area contributed by atoms with Crippen molar-refractivity contribution in [3.8, 4) is 0 Å². The molecule has 1 heterocycles. The van der Waals surface area contributed by atoms with Gasteiger partial charge in [0.05, 0.1) is 16.8 Å². The maximum absolute atomic E-state index is 11.2. The number of aliphatic hydroxyl groups is 1. The Morgan fingerprint density at radius 2 is 2.50 bits per heavy atom. The number of hydrogen-bond acceptors (Lipinski definition) is 3. The summed E-state index contributed by atoms with van der Waals surface area (Å²) in [5.41, 5.74) is 0.847. The summed E-state index contributed by atoms with van der Waals surface area (Å²) in [6, 6.07) is 0. The first kappa shape index (κ1) is 11.2. The summed E-state index contributed by atoms with van der Waals surface area (Å²) in [5.74, 6) is -0.158. The number of aromatic nitrogens is 2. The first-order chi connectivity index (χ1) is 6.63. The molecule has 5 nitrogen and oxygen atoms in total. The molecular weight excluding hydrogens is 250 g/mol. The number of nitrogens with zero attached hydrogens (tertiary/aromatic N) is 2. The zero-order chi connectivity index (χ0) is 10.6. The molecule has 1 amide bonds. The average molecular weight is 262 g/mol. The highest BCUT2D eigenvalue weighted by Gasteiger charge is 2.05. The van der Waals surface area contributed by atoms with Gasteiger partial charge in [-0.25, -0.2) is 0 Å². The highest BCUT2D eigenvalue weighted by molar-refractivity contribution is 9.10. The second-order valence-electron chi connectivity index (χ2n) is 2.83. The van der Waals surface area contributed by atoms with Crippen LogP contribution < -0.4 is 5.32 Å². The van der Waals surface area contributed by atoms with E-state index in [0.717, 1.165) is 10.2 Å². The summed E-state index contributed by atoms with van der Waals surface area (Å²) in [5, 5.41) is 15.1. The second kappa shape index (κ2) is 5.11. The van der Waals surface area contributed by atoms with Crippen molar-refractivity contribution in [2.24, 2.45) is 0 Å². The van der Waals surface area contributed by atoms with Gasteiger partial charge < -0.3 is 10.4 Å². The summed E-state index contributed by atoms with van der Waals surface area (Å²) in [6.45, 7) is 2.26. The van der Waals surface area contributed by atoms with Crippen LogP contribution in [0.1, 0.15) is 5.69 Å². The van der Waals surface area contributed by atoms with Crippen molar-refractivity contribution >= 4 is 21.8 Å². The second-order valence-corrected chi connectivity index (χ2v) is 3.69. The van der Waals surface area contributed by atoms with Gasteiger partial charge in [-0.15, -0.1) is 0 Å². The van der Waals surface area contributed by atoms with Crippen LogP contribution in [-0.2, 0) is 11.3 Å². The Labute approximate surface area is 90.2 Å². The third-order valence-electron chi connectivity index (χ3n) is 1.63. The molecule has 0 atom stereocenters. The number of hydrogen-bond donors (Lipinski definition) is 2. The van der Waals surface area contributed by atoms with Crippen LogP contribution in [0, 0.1) is 6.92 Å². The minimum absolute atomic E-state index is 0.0480. The lowest BCUT2D eigenvalue weighted by molar-refractivity contribution is -0.122. The lowest BCUT2D eigenvalue weighted by Crippen LogP contribution is -2.30. The summed E-state index contributed by atoms with van der Waals surface area (Å²) < 4.78 is 2.43. The van der Waals surface area contributed by atoms with Crippen molar-refractivity contribution in [1.82, 2.24) is 15.1 Å². The summed E-state index contributed by atoms with van der Waals surface area (Å²) in [4.78, 5) is 11.2. The average Bonchev–Trinajstić information content (AvgIpc) is 2.42. The van der Waals surface area contributed by atoms with E-state index in [1.165, 1.54) is 0 Å². The highest BCUT2D eigenvalue weighted by Crippen LogP contribution is 2.12. The van der Waals surface area contributed by atoms with Crippen LogP contribution >= 0.6 is 15.9 Å². The lowest BCUT2D eigenvalue weighted by atomic mass is 10.5. The molecule has 0 aliphatic heterocycles. The van der Waals surface area contributed by atoms with E-state index in [9.17, 15) is 4.79 Å². The van der Waals surface area contributed by atoms with Crippen LogP contribution in [0.5, 0.6) is 0 Å². The van der Waals surface area contributed by atoms with Crippen LogP contribution in [0.15, 0.2) is 10.7 Å². The standard InChI is InChI=1S/C8H12BrN3O2/c1-6-7(9)4-12(11-6)5-8(14)10-2-3-13/h4,13H,2-3,5H2,1H3,(H,10,14). The number of nitrogens with one attached hydrogen (secondary N) is 1. The fraction of sp³-hybridized carbons (Fsp3) is 0.500. The maximum Gasteiger partial charge on any atom is 0.241 e. The van der Waals surface area contributed by atoms with Gasteiger partial charge in [-0.1, -0.05) is 0 Å². The van der Waals surface area contributed by atoms with Crippen molar-refractivity contribution in [2.75, 3.05) is 13.2 Å². The molecule has 0 aliphatic carbocycles. The molecule has 6 heteroatoms. The van der Waals surface area contributed by atoms with E-state index in [1.807, 2.05) is 6.92 Å². The quantitative estimate of drug-likeness (QED) is 0.806. The number of aryl methyl sites for hydroxylation is 1. The SMILES string of the molecule is Cc1nn(CC(=O)NCCO)cc1Br. The Morgan fingerprint density at radius 3 is 3.00 bits per heavy atom. The lowest BCUT2D eigenvalue weighted by Gasteiger charge is -2.02. The molecule has 78 valence electrons. The van der Waals surface area contributed by atoms with Crippen LogP contribution in [0.3, 0.4) is 0 Å². The third kappa shape index (κ3) is 3.12. The molecule has 0 aliphatic rings. The largest absolute Gasteiger partial charge is 0.395 e. The van der Waals surface area contributed by atoms with Crippen LogP contribution in [0.4, 0.5) is 0 Å². The Kier molecular flexibility index (Phi) is 4.09. The predicted octanol–water partition coefficient (Wildman–Crippen LogP) is 0.0625. The third-order valence-corrected chi connectivity index (χ3v) is 2.40. The van der Waals surface area contributed by atoms with Crippen molar-refractivity contribution in [3.05, 3.63) is 16.4 Å². The van der Waals surface area contributed by atoms with Gasteiger partial charge in [0.25, 0.3) is 0 Å². The van der Waals surface area contributed by atoms with Crippen LogP contribution in [0.25, 0.3) is 0 Å². The summed E-state index contributed by atoms with van der Waals surface area (Å²) in [7, 11) is 0. The molecule has 0 aromatic carbocycles. The van der Waals surface area contributed by atoms with E-state index >= 15 is 0 Å². The van der Waals surface area contributed by atoms with E-state index in [4.69, 9.17) is 5.11 Å². The predicted molar refractivity (Wildman–Crippen MR) is 54.8 cm³/mol. The number of carbonyl (C=O) groups is 1. The molecule has 14 heavy (non-hydrogen) atoms. The van der Waals surface area contributed by atoms with E-state index in [-0.39, 0.29) is 25.6 Å². The molecule has 0 radical (unpaired) electrons. The molecule has 0 saturated carbocycles. The zero-order valence-corrected chi connectivity index (χ0v) is 9.41. The molecular formula is C8H12BrN3O2. The summed E-state index contributed by atoms with van der Waals surface area (Å²) in [6.07, 6.45) is 1.74. The first-order valence-corrected chi connectivity index (χ1v) is 5.00. The maximum atomic E-state index is 11.2. The highest BCUT2D eigenvalue weighted by atomic mass is 79.9. The van der Waals surface area contributed by atoms with Crippen molar-refractivity contribution in [2.45, 2.75) is 13.5 Å². The van der Waals surface area contributed by atoms with Crippen LogP contribution in [0.2, 0.25) is 0 Å². The monoisotopic (exact) mass is 261 g/mol. The van der Waals surface area contributed by atoms with Gasteiger partial charge in [0.2, 0.25) is 5.91 Å². The van der Waals surface area contributed by atoms with Gasteiger partial charge in [0, 0.05) is 12.7 Å².